The Labute approximate surface area is 292 Å². The lowest BCUT2D eigenvalue weighted by Gasteiger charge is -2.21. The maximum Gasteiger partial charge on any atom is 0.172 e. The summed E-state index contributed by atoms with van der Waals surface area (Å²) in [6, 6.07) is 64.8. The Kier molecular flexibility index (Phi) is 7.40. The van der Waals surface area contributed by atoms with Crippen molar-refractivity contribution in [2.24, 2.45) is 0 Å². The van der Waals surface area contributed by atoms with Crippen LogP contribution in [-0.4, -0.2) is 0 Å². The Hall–Kier alpha value is -5.52. The van der Waals surface area contributed by atoms with Crippen LogP contribution in [-0.2, 0) is 9.13 Å². The molecular formula is C46H32O2P2. The molecule has 0 saturated heterocycles. The highest BCUT2D eigenvalue weighted by Gasteiger charge is 2.49. The van der Waals surface area contributed by atoms with Gasteiger partial charge < -0.3 is 9.13 Å². The lowest BCUT2D eigenvalue weighted by molar-refractivity contribution is 0.592. The van der Waals surface area contributed by atoms with Crippen molar-refractivity contribution in [3.05, 3.63) is 228 Å². The van der Waals surface area contributed by atoms with Crippen LogP contribution in [0.4, 0.5) is 0 Å². The van der Waals surface area contributed by atoms with E-state index in [1.165, 1.54) is 0 Å². The molecule has 2 atom stereocenters. The van der Waals surface area contributed by atoms with Gasteiger partial charge in [-0.05, 0) is 45.5 Å². The molecule has 7 aromatic rings. The van der Waals surface area contributed by atoms with Crippen LogP contribution in [0.3, 0.4) is 0 Å². The van der Waals surface area contributed by atoms with Gasteiger partial charge in [0.1, 0.15) is 0 Å². The third-order valence-corrected chi connectivity index (χ3v) is 16.3. The molecule has 238 valence electrons. The molecule has 50 heavy (non-hydrogen) atoms. The highest BCUT2D eigenvalue weighted by molar-refractivity contribution is 7.89. The van der Waals surface area contributed by atoms with Crippen LogP contribution in [0.2, 0.25) is 0 Å². The van der Waals surface area contributed by atoms with E-state index in [9.17, 15) is 0 Å². The first-order chi connectivity index (χ1) is 24.6. The quantitative estimate of drug-likeness (QED) is 0.164. The maximum absolute atomic E-state index is 16.4. The third kappa shape index (κ3) is 4.57. The van der Waals surface area contributed by atoms with Gasteiger partial charge in [0, 0.05) is 43.0 Å². The first-order valence-electron chi connectivity index (χ1n) is 16.8. The molecule has 0 fully saturated rings. The Bertz CT molecular complexity index is 2360. The number of rotatable bonds is 6. The van der Waals surface area contributed by atoms with Gasteiger partial charge >= 0.3 is 0 Å². The van der Waals surface area contributed by atoms with E-state index >= 15 is 9.13 Å². The van der Waals surface area contributed by atoms with E-state index in [2.05, 4.69) is 60.7 Å². The van der Waals surface area contributed by atoms with Crippen LogP contribution < -0.4 is 21.2 Å². The van der Waals surface area contributed by atoms with E-state index in [4.69, 9.17) is 0 Å². The normalized spacial score (nSPS) is 19.4. The monoisotopic (exact) mass is 678 g/mol. The minimum Gasteiger partial charge on any atom is -0.309 e. The van der Waals surface area contributed by atoms with Gasteiger partial charge in [0.2, 0.25) is 0 Å². The van der Waals surface area contributed by atoms with Crippen molar-refractivity contribution in [1.29, 1.82) is 0 Å². The van der Waals surface area contributed by atoms with Crippen molar-refractivity contribution >= 4 is 57.3 Å². The van der Waals surface area contributed by atoms with Gasteiger partial charge in [0.25, 0.3) is 0 Å². The lowest BCUT2D eigenvalue weighted by Crippen LogP contribution is -2.22. The zero-order valence-corrected chi connectivity index (χ0v) is 29.0. The van der Waals surface area contributed by atoms with Crippen LogP contribution in [0.25, 0.3) is 21.8 Å². The highest BCUT2D eigenvalue weighted by Crippen LogP contribution is 2.69. The van der Waals surface area contributed by atoms with E-state index < -0.39 is 14.3 Å². The lowest BCUT2D eigenvalue weighted by atomic mass is 9.91. The van der Waals surface area contributed by atoms with Gasteiger partial charge in [-0.3, -0.25) is 0 Å². The van der Waals surface area contributed by atoms with Crippen LogP contribution in [0.15, 0.2) is 194 Å². The number of benzene rings is 7. The van der Waals surface area contributed by atoms with Crippen molar-refractivity contribution in [2.45, 2.75) is 0 Å². The summed E-state index contributed by atoms with van der Waals surface area (Å²) in [5, 5.41) is 4.76. The SMILES string of the molecule is O=P1(c2ccccc2)C(c2ccccc2)=C(c2ccccc2)c2cc3c(cc21)C(c1ccccc1)=C(c1ccccc1)P3(=O)c1ccccc1. The van der Waals surface area contributed by atoms with Gasteiger partial charge in [-0.25, -0.2) is 0 Å². The predicted octanol–water partition coefficient (Wildman–Crippen LogP) is 10.2. The van der Waals surface area contributed by atoms with Gasteiger partial charge in [0.15, 0.2) is 14.3 Å². The Morgan fingerprint density at radius 2 is 0.560 bits per heavy atom. The molecule has 0 N–H and O–H groups in total. The molecule has 2 aliphatic heterocycles. The first kappa shape index (κ1) is 30.5. The Balaban J connectivity index is 1.46. The van der Waals surface area contributed by atoms with Gasteiger partial charge in [-0.15, -0.1) is 0 Å². The molecule has 2 heterocycles. The van der Waals surface area contributed by atoms with E-state index in [0.29, 0.717) is 0 Å². The second-order valence-electron chi connectivity index (χ2n) is 12.7. The molecule has 2 unspecified atom stereocenters. The summed E-state index contributed by atoms with van der Waals surface area (Å²) in [5.41, 5.74) is 7.40. The van der Waals surface area contributed by atoms with Gasteiger partial charge in [0.05, 0.1) is 0 Å². The Morgan fingerprint density at radius 3 is 0.860 bits per heavy atom. The van der Waals surface area contributed by atoms with Crippen molar-refractivity contribution in [2.75, 3.05) is 0 Å². The topological polar surface area (TPSA) is 34.1 Å². The summed E-state index contributed by atoms with van der Waals surface area (Å²) in [6.45, 7) is 0. The molecule has 9 rings (SSSR count). The molecule has 0 amide bonds. The molecule has 0 aromatic heterocycles. The van der Waals surface area contributed by atoms with Crippen molar-refractivity contribution in [3.63, 3.8) is 0 Å². The summed E-state index contributed by atoms with van der Waals surface area (Å²) >= 11 is 0. The predicted molar refractivity (Wildman–Crippen MR) is 211 cm³/mol. The molecule has 7 aromatic carbocycles. The number of fused-ring (bicyclic) bond motifs is 2. The van der Waals surface area contributed by atoms with E-state index in [1.54, 1.807) is 0 Å². The zero-order valence-electron chi connectivity index (χ0n) is 27.2. The standard InChI is InChI=1S/C46H32O2P2/c47-49(37-27-15-5-16-28-37)41-32-40-42(31-39(41)43(33-19-7-1-8-20-33)45(49)35-23-11-3-12-24-35)50(48,38-29-17-6-18-30-38)46(36-25-13-4-14-26-36)44(40)34-21-9-2-10-22-34/h1-32H. The van der Waals surface area contributed by atoms with Crippen molar-refractivity contribution in [3.8, 4) is 0 Å². The average Bonchev–Trinajstić information content (AvgIpc) is 3.62. The van der Waals surface area contributed by atoms with Gasteiger partial charge in [-0.2, -0.15) is 0 Å². The largest absolute Gasteiger partial charge is 0.309 e. The molecular weight excluding hydrogens is 646 g/mol. The molecule has 0 aliphatic carbocycles. The molecule has 0 bridgehead atoms. The zero-order chi connectivity index (χ0) is 33.7. The first-order valence-corrected chi connectivity index (χ1v) is 20.2. The number of hydrogen-bond acceptors (Lipinski definition) is 2. The van der Waals surface area contributed by atoms with Crippen LogP contribution >= 0.6 is 14.3 Å². The minimum absolute atomic E-state index is 0.780. The Morgan fingerprint density at radius 1 is 0.300 bits per heavy atom. The summed E-state index contributed by atoms with van der Waals surface area (Å²) in [5.74, 6) is 0. The summed E-state index contributed by atoms with van der Waals surface area (Å²) in [4.78, 5) is 0. The highest BCUT2D eigenvalue weighted by atomic mass is 31.2. The van der Waals surface area contributed by atoms with Crippen molar-refractivity contribution in [1.82, 2.24) is 0 Å². The van der Waals surface area contributed by atoms with E-state index in [1.807, 2.05) is 133 Å². The number of hydrogen-bond donors (Lipinski definition) is 0. The molecule has 4 heteroatoms. The second kappa shape index (κ2) is 12.1. The maximum atomic E-state index is 16.4. The van der Waals surface area contributed by atoms with Crippen molar-refractivity contribution < 1.29 is 9.13 Å². The molecule has 0 radical (unpaired) electrons. The molecule has 0 spiro atoms. The molecule has 0 saturated carbocycles. The smallest absolute Gasteiger partial charge is 0.172 e. The molecule has 2 nitrogen and oxygen atoms in total. The molecule has 2 aliphatic rings. The summed E-state index contributed by atoms with van der Waals surface area (Å²) in [6.07, 6.45) is 0. The van der Waals surface area contributed by atoms with E-state index in [-0.39, 0.29) is 0 Å². The third-order valence-electron chi connectivity index (χ3n) is 9.89. The second-order valence-corrected chi connectivity index (χ2v) is 18.0. The average molecular weight is 679 g/mol. The van der Waals surface area contributed by atoms with Crippen LogP contribution in [0.1, 0.15) is 33.4 Å². The van der Waals surface area contributed by atoms with Crippen LogP contribution in [0, 0.1) is 0 Å². The summed E-state index contributed by atoms with van der Waals surface area (Å²) < 4.78 is 32.9. The fraction of sp³-hybridized carbons (Fsp3) is 0. The van der Waals surface area contributed by atoms with Gasteiger partial charge in [-0.1, -0.05) is 182 Å². The van der Waals surface area contributed by atoms with Crippen LogP contribution in [0.5, 0.6) is 0 Å². The fourth-order valence-corrected chi connectivity index (χ4v) is 14.3. The summed E-state index contributed by atoms with van der Waals surface area (Å²) in [7, 11) is -6.91. The fourth-order valence-electron chi connectivity index (χ4n) is 7.76. The van der Waals surface area contributed by atoms with E-state index in [0.717, 1.165) is 76.4 Å². The minimum atomic E-state index is -3.45.